The van der Waals surface area contributed by atoms with Crippen molar-refractivity contribution in [2.45, 2.75) is 33.6 Å². The van der Waals surface area contributed by atoms with Gasteiger partial charge in [-0.05, 0) is 22.6 Å². The molecule has 0 N–H and O–H groups in total. The first-order valence-corrected chi connectivity index (χ1v) is 7.24. The lowest BCUT2D eigenvalue weighted by Crippen LogP contribution is -2.08. The third-order valence-electron chi connectivity index (χ3n) is 3.58. The van der Waals surface area contributed by atoms with E-state index in [0.717, 1.165) is 16.7 Å². The minimum atomic E-state index is 0.0180. The fourth-order valence-corrected chi connectivity index (χ4v) is 2.33. The van der Waals surface area contributed by atoms with Crippen LogP contribution in [-0.2, 0) is 0 Å². The van der Waals surface area contributed by atoms with Crippen LogP contribution in [0.3, 0.4) is 0 Å². The third-order valence-corrected chi connectivity index (χ3v) is 3.58. The molecule has 0 radical (unpaired) electrons. The molecule has 0 heterocycles. The molecule has 0 spiro atoms. The lowest BCUT2D eigenvalue weighted by molar-refractivity contribution is 0.0940. The number of hydrogen-bond acceptors (Lipinski definition) is 1. The van der Waals surface area contributed by atoms with E-state index in [4.69, 9.17) is 0 Å². The number of carbonyl (C=O) groups is 1. The summed E-state index contributed by atoms with van der Waals surface area (Å²) in [5.74, 6) is 0.711. The number of benzene rings is 2. The fraction of sp³-hybridized carbons (Fsp3) is 0.316. The topological polar surface area (TPSA) is 17.1 Å². The van der Waals surface area contributed by atoms with Gasteiger partial charge in [0.25, 0.3) is 0 Å². The van der Waals surface area contributed by atoms with Gasteiger partial charge < -0.3 is 0 Å². The first-order chi connectivity index (χ1) is 9.50. The van der Waals surface area contributed by atoms with E-state index >= 15 is 0 Å². The quantitative estimate of drug-likeness (QED) is 0.685. The number of carbonyl (C=O) groups excluding carboxylic acids is 1. The Morgan fingerprint density at radius 3 is 2.25 bits per heavy atom. The maximum Gasteiger partial charge on any atom is 0.166 e. The van der Waals surface area contributed by atoms with E-state index in [-0.39, 0.29) is 11.7 Å². The van der Waals surface area contributed by atoms with Crippen LogP contribution in [0.4, 0.5) is 0 Å². The summed E-state index contributed by atoms with van der Waals surface area (Å²) in [5.41, 5.74) is 4.28. The Morgan fingerprint density at radius 1 is 0.900 bits per heavy atom. The van der Waals surface area contributed by atoms with Gasteiger partial charge in [0.15, 0.2) is 5.78 Å². The van der Waals surface area contributed by atoms with E-state index in [1.54, 1.807) is 0 Å². The van der Waals surface area contributed by atoms with Crippen molar-refractivity contribution in [3.05, 3.63) is 59.7 Å². The molecule has 0 amide bonds. The molecule has 2 rings (SSSR count). The molecule has 1 heteroatoms. The van der Waals surface area contributed by atoms with E-state index in [1.807, 2.05) is 38.1 Å². The SMILES string of the molecule is CC(C)C(=O)c1ccccc1-c1cccc(C(C)C)c1. The third kappa shape index (κ3) is 2.98. The first kappa shape index (κ1) is 14.5. The summed E-state index contributed by atoms with van der Waals surface area (Å²) in [6.45, 7) is 8.27. The zero-order valence-corrected chi connectivity index (χ0v) is 12.7. The minimum absolute atomic E-state index is 0.0180. The van der Waals surface area contributed by atoms with Gasteiger partial charge in [-0.3, -0.25) is 4.79 Å². The van der Waals surface area contributed by atoms with Crippen LogP contribution >= 0.6 is 0 Å². The lowest BCUT2D eigenvalue weighted by atomic mass is 9.91. The Morgan fingerprint density at radius 2 is 1.60 bits per heavy atom. The van der Waals surface area contributed by atoms with E-state index in [0.29, 0.717) is 5.92 Å². The molecule has 1 nitrogen and oxygen atoms in total. The summed E-state index contributed by atoms with van der Waals surface area (Å²) >= 11 is 0. The molecular formula is C19H22O. The molecule has 0 saturated heterocycles. The zero-order chi connectivity index (χ0) is 14.7. The highest BCUT2D eigenvalue weighted by Crippen LogP contribution is 2.28. The number of Topliss-reactive ketones (excluding diaryl/α,β-unsaturated/α-hetero) is 1. The molecule has 0 unspecified atom stereocenters. The molecule has 2 aromatic carbocycles. The van der Waals surface area contributed by atoms with Crippen LogP contribution in [0.5, 0.6) is 0 Å². The van der Waals surface area contributed by atoms with Gasteiger partial charge in [-0.2, -0.15) is 0 Å². The van der Waals surface area contributed by atoms with Crippen molar-refractivity contribution in [2.24, 2.45) is 5.92 Å². The van der Waals surface area contributed by atoms with Gasteiger partial charge in [0, 0.05) is 11.5 Å². The Kier molecular flexibility index (Phi) is 4.39. The summed E-state index contributed by atoms with van der Waals surface area (Å²) in [5, 5.41) is 0. The second-order valence-corrected chi connectivity index (χ2v) is 5.84. The predicted octanol–water partition coefficient (Wildman–Crippen LogP) is 5.32. The van der Waals surface area contributed by atoms with Crippen molar-refractivity contribution in [1.82, 2.24) is 0 Å². The monoisotopic (exact) mass is 266 g/mol. The minimum Gasteiger partial charge on any atom is -0.294 e. The largest absolute Gasteiger partial charge is 0.294 e. The Labute approximate surface area is 121 Å². The highest BCUT2D eigenvalue weighted by molar-refractivity contribution is 6.03. The maximum absolute atomic E-state index is 12.4. The van der Waals surface area contributed by atoms with E-state index in [9.17, 15) is 4.79 Å². The first-order valence-electron chi connectivity index (χ1n) is 7.24. The van der Waals surface area contributed by atoms with Gasteiger partial charge in [0.05, 0.1) is 0 Å². The van der Waals surface area contributed by atoms with Crippen LogP contribution < -0.4 is 0 Å². The van der Waals surface area contributed by atoms with E-state index in [2.05, 4.69) is 38.1 Å². The van der Waals surface area contributed by atoms with Crippen LogP contribution in [-0.4, -0.2) is 5.78 Å². The van der Waals surface area contributed by atoms with Gasteiger partial charge in [-0.15, -0.1) is 0 Å². The van der Waals surface area contributed by atoms with Gasteiger partial charge in [0.2, 0.25) is 0 Å². The van der Waals surface area contributed by atoms with Gasteiger partial charge >= 0.3 is 0 Å². The Bertz CT molecular complexity index is 609. The number of ketones is 1. The number of hydrogen-bond donors (Lipinski definition) is 0. The summed E-state index contributed by atoms with van der Waals surface area (Å²) < 4.78 is 0. The van der Waals surface area contributed by atoms with Crippen LogP contribution in [0.15, 0.2) is 48.5 Å². The standard InChI is InChI=1S/C19H22O/c1-13(2)15-8-7-9-16(12-15)17-10-5-6-11-18(17)19(20)14(3)4/h5-14H,1-4H3. The summed E-state index contributed by atoms with van der Waals surface area (Å²) in [6, 6.07) is 16.4. The van der Waals surface area contributed by atoms with E-state index < -0.39 is 0 Å². The molecule has 0 saturated carbocycles. The average Bonchev–Trinajstić information content (AvgIpc) is 2.46. The molecule has 20 heavy (non-hydrogen) atoms. The van der Waals surface area contributed by atoms with Gasteiger partial charge in [-0.1, -0.05) is 76.2 Å². The summed E-state index contributed by atoms with van der Waals surface area (Å²) in [6.07, 6.45) is 0. The van der Waals surface area contributed by atoms with Crippen LogP contribution in [0, 0.1) is 5.92 Å². The van der Waals surface area contributed by atoms with Crippen LogP contribution in [0.2, 0.25) is 0 Å². The predicted molar refractivity (Wildman–Crippen MR) is 85.1 cm³/mol. The van der Waals surface area contributed by atoms with E-state index in [1.165, 1.54) is 5.56 Å². The lowest BCUT2D eigenvalue weighted by Gasteiger charge is -2.13. The van der Waals surface area contributed by atoms with Gasteiger partial charge in [0.1, 0.15) is 0 Å². The number of rotatable bonds is 4. The Hall–Kier alpha value is -1.89. The molecule has 2 aromatic rings. The van der Waals surface area contributed by atoms with Crippen molar-refractivity contribution in [3.63, 3.8) is 0 Å². The molecule has 104 valence electrons. The second-order valence-electron chi connectivity index (χ2n) is 5.84. The summed E-state index contributed by atoms with van der Waals surface area (Å²) in [4.78, 5) is 12.4. The van der Waals surface area contributed by atoms with Crippen molar-refractivity contribution in [1.29, 1.82) is 0 Å². The normalized spacial score (nSPS) is 11.1. The highest BCUT2D eigenvalue weighted by atomic mass is 16.1. The van der Waals surface area contributed by atoms with Crippen LogP contribution in [0.25, 0.3) is 11.1 Å². The molecule has 0 bridgehead atoms. The summed E-state index contributed by atoms with van der Waals surface area (Å²) in [7, 11) is 0. The highest BCUT2D eigenvalue weighted by Gasteiger charge is 2.15. The van der Waals surface area contributed by atoms with Crippen molar-refractivity contribution in [2.75, 3.05) is 0 Å². The van der Waals surface area contributed by atoms with Crippen LogP contribution in [0.1, 0.15) is 49.5 Å². The average molecular weight is 266 g/mol. The maximum atomic E-state index is 12.4. The van der Waals surface area contributed by atoms with Gasteiger partial charge in [-0.25, -0.2) is 0 Å². The second kappa shape index (κ2) is 6.04. The smallest absolute Gasteiger partial charge is 0.166 e. The molecule has 0 atom stereocenters. The molecule has 0 aromatic heterocycles. The molecule has 0 aliphatic carbocycles. The molecule has 0 aliphatic rings. The Balaban J connectivity index is 2.53. The molecule has 0 aliphatic heterocycles. The zero-order valence-electron chi connectivity index (χ0n) is 12.7. The molecular weight excluding hydrogens is 244 g/mol. The van der Waals surface area contributed by atoms with Crippen molar-refractivity contribution in [3.8, 4) is 11.1 Å². The fourth-order valence-electron chi connectivity index (χ4n) is 2.33. The van der Waals surface area contributed by atoms with Crippen molar-refractivity contribution < 1.29 is 4.79 Å². The molecule has 0 fully saturated rings. The van der Waals surface area contributed by atoms with Crippen molar-refractivity contribution >= 4 is 5.78 Å².